The fourth-order valence-corrected chi connectivity index (χ4v) is 4.41. The summed E-state index contributed by atoms with van der Waals surface area (Å²) in [6.45, 7) is 1.70. The van der Waals surface area contributed by atoms with E-state index in [1.54, 1.807) is 24.4 Å². The van der Waals surface area contributed by atoms with Gasteiger partial charge in [-0.1, -0.05) is 36.6 Å². The molecule has 4 nitrogen and oxygen atoms in total. The number of thiophene rings is 1. The molecule has 1 saturated carbocycles. The van der Waals surface area contributed by atoms with E-state index in [0.29, 0.717) is 15.3 Å². The fraction of sp³-hybridized carbons (Fsp3) is 0.400. The molecule has 1 aliphatic carbocycles. The van der Waals surface area contributed by atoms with Crippen molar-refractivity contribution < 1.29 is 22.8 Å². The van der Waals surface area contributed by atoms with E-state index in [1.807, 2.05) is 0 Å². The standard InChI is InChI=1S/C20H20ClF3N2O2S/c1-12-8-9-14(11-15(12)21)26(19(28)20(22,23)24)17(16-7-4-10-29-16)18(27)25-13-5-2-3-6-13/h4,7-11,13,17H,2-3,5-6H2,1H3,(H,25,27)/t17-/m0/s1. The Balaban J connectivity index is 2.07. The Morgan fingerprint density at radius 2 is 1.93 bits per heavy atom. The number of nitrogens with zero attached hydrogens (tertiary/aromatic N) is 1. The Bertz CT molecular complexity index is 880. The molecule has 9 heteroatoms. The molecular formula is C20H20ClF3N2O2S. The maximum absolute atomic E-state index is 13.5. The number of rotatable bonds is 5. The highest BCUT2D eigenvalue weighted by Gasteiger charge is 2.48. The van der Waals surface area contributed by atoms with Crippen LogP contribution in [0.25, 0.3) is 0 Å². The lowest BCUT2D eigenvalue weighted by molar-refractivity contribution is -0.171. The third-order valence-corrected chi connectivity index (χ3v) is 6.25. The molecule has 1 atom stereocenters. The number of carbonyl (C=O) groups excluding carboxylic acids is 2. The second-order valence-corrected chi connectivity index (χ2v) is 8.40. The lowest BCUT2D eigenvalue weighted by Gasteiger charge is -2.32. The van der Waals surface area contributed by atoms with E-state index in [0.717, 1.165) is 37.0 Å². The maximum Gasteiger partial charge on any atom is 0.471 e. The minimum Gasteiger partial charge on any atom is -0.351 e. The summed E-state index contributed by atoms with van der Waals surface area (Å²) in [7, 11) is 0. The second-order valence-electron chi connectivity index (χ2n) is 7.01. The predicted octanol–water partition coefficient (Wildman–Crippen LogP) is 5.41. The summed E-state index contributed by atoms with van der Waals surface area (Å²) in [5.41, 5.74) is 0.570. The third kappa shape index (κ3) is 4.93. The summed E-state index contributed by atoms with van der Waals surface area (Å²) in [4.78, 5) is 26.4. The number of nitrogens with one attached hydrogen (secondary N) is 1. The number of benzene rings is 1. The summed E-state index contributed by atoms with van der Waals surface area (Å²) in [5.74, 6) is -2.74. The highest BCUT2D eigenvalue weighted by Crippen LogP contribution is 2.36. The van der Waals surface area contributed by atoms with Crippen molar-refractivity contribution in [1.29, 1.82) is 0 Å². The summed E-state index contributed by atoms with van der Waals surface area (Å²) >= 11 is 7.23. The molecule has 0 unspecified atom stereocenters. The predicted molar refractivity (Wildman–Crippen MR) is 107 cm³/mol. The summed E-state index contributed by atoms with van der Waals surface area (Å²) in [5, 5.41) is 4.69. The average molecular weight is 445 g/mol. The van der Waals surface area contributed by atoms with Crippen molar-refractivity contribution in [2.75, 3.05) is 4.90 Å². The van der Waals surface area contributed by atoms with Gasteiger partial charge in [-0.2, -0.15) is 13.2 Å². The van der Waals surface area contributed by atoms with Crippen molar-refractivity contribution in [1.82, 2.24) is 5.32 Å². The quantitative estimate of drug-likeness (QED) is 0.670. The van der Waals surface area contributed by atoms with Gasteiger partial charge >= 0.3 is 12.1 Å². The second kappa shape index (κ2) is 8.75. The lowest BCUT2D eigenvalue weighted by Crippen LogP contribution is -2.50. The van der Waals surface area contributed by atoms with Gasteiger partial charge in [0.2, 0.25) is 5.91 Å². The van der Waals surface area contributed by atoms with Crippen LogP contribution in [0.1, 0.15) is 42.2 Å². The van der Waals surface area contributed by atoms with Crippen LogP contribution < -0.4 is 10.2 Å². The zero-order valence-electron chi connectivity index (χ0n) is 15.6. The van der Waals surface area contributed by atoms with Crippen molar-refractivity contribution >= 4 is 40.4 Å². The highest BCUT2D eigenvalue weighted by atomic mass is 35.5. The van der Waals surface area contributed by atoms with Crippen LogP contribution in [0.15, 0.2) is 35.7 Å². The largest absolute Gasteiger partial charge is 0.471 e. The molecule has 1 aromatic carbocycles. The van der Waals surface area contributed by atoms with Crippen LogP contribution in [0.5, 0.6) is 0 Å². The van der Waals surface area contributed by atoms with Gasteiger partial charge in [-0.15, -0.1) is 11.3 Å². The van der Waals surface area contributed by atoms with Crippen LogP contribution in [0, 0.1) is 6.92 Å². The molecule has 1 fully saturated rings. The van der Waals surface area contributed by atoms with Crippen LogP contribution >= 0.6 is 22.9 Å². The first-order valence-corrected chi connectivity index (χ1v) is 10.4. The Kier molecular flexibility index (Phi) is 6.53. The minimum atomic E-state index is -5.15. The molecule has 0 bridgehead atoms. The van der Waals surface area contributed by atoms with Gasteiger partial charge in [-0.05, 0) is 48.9 Å². The van der Waals surface area contributed by atoms with Gasteiger partial charge in [0.1, 0.15) is 0 Å². The number of hydrogen-bond donors (Lipinski definition) is 1. The molecule has 0 spiro atoms. The first-order chi connectivity index (χ1) is 13.7. The molecule has 1 heterocycles. The zero-order valence-corrected chi connectivity index (χ0v) is 17.2. The molecular weight excluding hydrogens is 425 g/mol. The molecule has 0 saturated heterocycles. The summed E-state index contributed by atoms with van der Waals surface area (Å²) in [6.07, 6.45) is -1.71. The highest BCUT2D eigenvalue weighted by molar-refractivity contribution is 7.10. The lowest BCUT2D eigenvalue weighted by atomic mass is 10.1. The van der Waals surface area contributed by atoms with Gasteiger partial charge < -0.3 is 5.32 Å². The Morgan fingerprint density at radius 1 is 1.24 bits per heavy atom. The summed E-state index contributed by atoms with van der Waals surface area (Å²) < 4.78 is 40.4. The molecule has 0 radical (unpaired) electrons. The number of carbonyl (C=O) groups is 2. The van der Waals surface area contributed by atoms with Crippen molar-refractivity contribution in [3.8, 4) is 0 Å². The van der Waals surface area contributed by atoms with E-state index < -0.39 is 24.0 Å². The summed E-state index contributed by atoms with van der Waals surface area (Å²) in [6, 6.07) is 5.81. The van der Waals surface area contributed by atoms with Crippen molar-refractivity contribution in [3.05, 3.63) is 51.2 Å². The molecule has 3 rings (SSSR count). The first kappa shape index (κ1) is 21.6. The van der Waals surface area contributed by atoms with Crippen molar-refractivity contribution in [3.63, 3.8) is 0 Å². The smallest absolute Gasteiger partial charge is 0.351 e. The SMILES string of the molecule is Cc1ccc(N(C(=O)C(F)(F)F)[C@H](C(=O)NC2CCCC2)c2cccs2)cc1Cl. The van der Waals surface area contributed by atoms with Crippen LogP contribution in [-0.2, 0) is 9.59 Å². The Labute approximate surface area is 175 Å². The van der Waals surface area contributed by atoms with E-state index in [4.69, 9.17) is 11.6 Å². The molecule has 2 amide bonds. The van der Waals surface area contributed by atoms with Gasteiger partial charge in [0.25, 0.3) is 0 Å². The number of halogens is 4. The number of hydrogen-bond acceptors (Lipinski definition) is 3. The van der Waals surface area contributed by atoms with E-state index >= 15 is 0 Å². The zero-order chi connectivity index (χ0) is 21.2. The van der Waals surface area contributed by atoms with E-state index in [1.165, 1.54) is 18.2 Å². The number of amides is 2. The number of alkyl halides is 3. The third-order valence-electron chi connectivity index (χ3n) is 4.92. The normalized spacial score (nSPS) is 15.9. The van der Waals surface area contributed by atoms with Crippen LogP contribution in [0.3, 0.4) is 0 Å². The van der Waals surface area contributed by atoms with E-state index in [2.05, 4.69) is 5.32 Å². The maximum atomic E-state index is 13.5. The van der Waals surface area contributed by atoms with Gasteiger partial charge in [0.15, 0.2) is 6.04 Å². The Morgan fingerprint density at radius 3 is 2.48 bits per heavy atom. The molecule has 1 N–H and O–H groups in total. The minimum absolute atomic E-state index is 0.0807. The van der Waals surface area contributed by atoms with Crippen LogP contribution in [0.4, 0.5) is 18.9 Å². The van der Waals surface area contributed by atoms with E-state index in [9.17, 15) is 22.8 Å². The van der Waals surface area contributed by atoms with Crippen LogP contribution in [0.2, 0.25) is 5.02 Å². The molecule has 1 aliphatic rings. The van der Waals surface area contributed by atoms with Gasteiger partial charge in [0.05, 0.1) is 0 Å². The topological polar surface area (TPSA) is 49.4 Å². The van der Waals surface area contributed by atoms with E-state index in [-0.39, 0.29) is 16.8 Å². The number of aryl methyl sites for hydroxylation is 1. The first-order valence-electron chi connectivity index (χ1n) is 9.19. The fourth-order valence-electron chi connectivity index (χ4n) is 3.42. The van der Waals surface area contributed by atoms with Crippen molar-refractivity contribution in [2.45, 2.75) is 50.9 Å². The number of anilines is 1. The van der Waals surface area contributed by atoms with Gasteiger partial charge in [0, 0.05) is 21.6 Å². The molecule has 29 heavy (non-hydrogen) atoms. The Hall–Kier alpha value is -2.06. The van der Waals surface area contributed by atoms with Gasteiger partial charge in [-0.25, -0.2) is 0 Å². The average Bonchev–Trinajstić information content (AvgIpc) is 3.34. The van der Waals surface area contributed by atoms with Gasteiger partial charge in [-0.3, -0.25) is 14.5 Å². The monoisotopic (exact) mass is 444 g/mol. The molecule has 156 valence electrons. The van der Waals surface area contributed by atoms with Crippen molar-refractivity contribution in [2.24, 2.45) is 0 Å². The molecule has 1 aromatic heterocycles. The van der Waals surface area contributed by atoms with Crippen LogP contribution in [-0.4, -0.2) is 24.0 Å². The molecule has 0 aliphatic heterocycles. The molecule has 2 aromatic rings.